The Balaban J connectivity index is 1.95. The van der Waals surface area contributed by atoms with Crippen molar-refractivity contribution in [3.05, 3.63) is 51.0 Å². The highest BCUT2D eigenvalue weighted by molar-refractivity contribution is 6.36. The van der Waals surface area contributed by atoms with Crippen LogP contribution in [-0.2, 0) is 13.2 Å². The number of aliphatic hydroxyl groups is 1. The molecule has 0 unspecified atom stereocenters. The molecule has 1 N–H and O–H groups in total. The highest BCUT2D eigenvalue weighted by Crippen LogP contribution is 2.39. The van der Waals surface area contributed by atoms with Gasteiger partial charge in [0.05, 0.1) is 27.9 Å². The van der Waals surface area contributed by atoms with Crippen molar-refractivity contribution in [1.82, 2.24) is 9.55 Å². The molecule has 0 amide bonds. The van der Waals surface area contributed by atoms with Crippen molar-refractivity contribution in [3.63, 3.8) is 0 Å². The van der Waals surface area contributed by atoms with E-state index in [1.165, 1.54) is 0 Å². The molecule has 124 valence electrons. The largest absolute Gasteiger partial charge is 0.392 e. The topological polar surface area (TPSA) is 41.3 Å². The number of benzene rings is 2. The van der Waals surface area contributed by atoms with Gasteiger partial charge < -0.3 is 14.6 Å². The number of halogens is 3. The molecule has 3 aromatic rings. The van der Waals surface area contributed by atoms with E-state index in [4.69, 9.17) is 39.8 Å². The first kappa shape index (κ1) is 16.0. The Morgan fingerprint density at radius 1 is 1.04 bits per heavy atom. The first-order chi connectivity index (χ1) is 11.6. The molecule has 2 aromatic carbocycles. The van der Waals surface area contributed by atoms with Crippen LogP contribution in [0.1, 0.15) is 12.0 Å². The van der Waals surface area contributed by atoms with Gasteiger partial charge in [0, 0.05) is 23.7 Å². The minimum Gasteiger partial charge on any atom is -0.392 e. The van der Waals surface area contributed by atoms with Crippen molar-refractivity contribution < 1.29 is 5.11 Å². The molecule has 7 heteroatoms. The molecule has 0 saturated heterocycles. The molecule has 0 saturated carbocycles. The van der Waals surface area contributed by atoms with Gasteiger partial charge in [-0.15, -0.1) is 0 Å². The fourth-order valence-electron chi connectivity index (χ4n) is 3.23. The summed E-state index contributed by atoms with van der Waals surface area (Å²) in [6, 6.07) is 9.05. The van der Waals surface area contributed by atoms with E-state index < -0.39 is 0 Å². The van der Waals surface area contributed by atoms with Crippen LogP contribution in [0, 0.1) is 0 Å². The number of aromatic nitrogens is 2. The molecular weight excluding hydrogens is 369 g/mol. The Labute approximate surface area is 154 Å². The van der Waals surface area contributed by atoms with Crippen molar-refractivity contribution in [2.45, 2.75) is 19.6 Å². The van der Waals surface area contributed by atoms with Crippen LogP contribution in [0.5, 0.6) is 0 Å². The van der Waals surface area contributed by atoms with E-state index in [-0.39, 0.29) is 6.61 Å². The van der Waals surface area contributed by atoms with Crippen molar-refractivity contribution in [1.29, 1.82) is 0 Å². The monoisotopic (exact) mass is 381 g/mol. The molecule has 0 bridgehead atoms. The van der Waals surface area contributed by atoms with Crippen LogP contribution >= 0.6 is 34.8 Å². The summed E-state index contributed by atoms with van der Waals surface area (Å²) in [5, 5.41) is 11.4. The van der Waals surface area contributed by atoms with Crippen LogP contribution in [0.4, 0.5) is 11.6 Å². The standard InChI is InChI=1S/C17H14Cl3N3O/c18-11-3-5-14(13(20)8-11)22-6-1-7-23-16-10(9-24)2-4-12(19)15(16)21-17(22)23/h2-5,8,24H,1,6-7,9H2. The SMILES string of the molecule is OCc1ccc(Cl)c2nc3n(c12)CCCN3c1ccc(Cl)cc1Cl. The smallest absolute Gasteiger partial charge is 0.211 e. The van der Waals surface area contributed by atoms with E-state index in [9.17, 15) is 5.11 Å². The molecule has 4 nitrogen and oxygen atoms in total. The van der Waals surface area contributed by atoms with Crippen LogP contribution in [-0.4, -0.2) is 21.2 Å². The average molecular weight is 383 g/mol. The highest BCUT2D eigenvalue weighted by Gasteiger charge is 2.26. The number of hydrogen-bond donors (Lipinski definition) is 1. The van der Waals surface area contributed by atoms with E-state index >= 15 is 0 Å². The van der Waals surface area contributed by atoms with E-state index in [2.05, 4.69) is 9.47 Å². The maximum atomic E-state index is 9.67. The second-order valence-electron chi connectivity index (χ2n) is 5.73. The normalized spacial score (nSPS) is 14.2. The Morgan fingerprint density at radius 2 is 1.88 bits per heavy atom. The van der Waals surface area contributed by atoms with Gasteiger partial charge in [-0.3, -0.25) is 0 Å². The minimum absolute atomic E-state index is 0.0551. The molecule has 1 aliphatic rings. The number of imidazole rings is 1. The molecule has 0 spiro atoms. The lowest BCUT2D eigenvalue weighted by Gasteiger charge is -2.30. The number of aliphatic hydroxyl groups excluding tert-OH is 1. The summed E-state index contributed by atoms with van der Waals surface area (Å²) in [5.41, 5.74) is 3.26. The van der Waals surface area contributed by atoms with E-state index in [0.717, 1.165) is 42.2 Å². The Bertz CT molecular complexity index is 938. The van der Waals surface area contributed by atoms with Crippen molar-refractivity contribution in [2.24, 2.45) is 0 Å². The molecule has 0 aliphatic carbocycles. The minimum atomic E-state index is -0.0551. The number of fused-ring (bicyclic) bond motifs is 3. The summed E-state index contributed by atoms with van der Waals surface area (Å²) < 4.78 is 2.10. The summed E-state index contributed by atoms with van der Waals surface area (Å²) in [6.07, 6.45) is 0.939. The third-order valence-corrected chi connectivity index (χ3v) is 5.13. The van der Waals surface area contributed by atoms with Gasteiger partial charge in [0.2, 0.25) is 5.95 Å². The predicted octanol–water partition coefficient (Wildman–Crippen LogP) is 5.03. The fraction of sp³-hybridized carbons (Fsp3) is 0.235. The zero-order chi connectivity index (χ0) is 16.8. The molecular formula is C17H14Cl3N3O. The average Bonchev–Trinajstić information content (AvgIpc) is 2.96. The second-order valence-corrected chi connectivity index (χ2v) is 6.98. The summed E-state index contributed by atoms with van der Waals surface area (Å²) in [4.78, 5) is 6.81. The van der Waals surface area contributed by atoms with Gasteiger partial charge >= 0.3 is 0 Å². The second kappa shape index (κ2) is 6.12. The summed E-state index contributed by atoms with van der Waals surface area (Å²) in [5.74, 6) is 0.781. The molecule has 4 rings (SSSR count). The molecule has 1 aromatic heterocycles. The van der Waals surface area contributed by atoms with Gasteiger partial charge in [0.25, 0.3) is 0 Å². The van der Waals surface area contributed by atoms with Crippen LogP contribution < -0.4 is 4.90 Å². The van der Waals surface area contributed by atoms with Crippen LogP contribution in [0.3, 0.4) is 0 Å². The lowest BCUT2D eigenvalue weighted by Crippen LogP contribution is -2.28. The summed E-state index contributed by atoms with van der Waals surface area (Å²) in [7, 11) is 0. The fourth-order valence-corrected chi connectivity index (χ4v) is 3.93. The molecule has 0 radical (unpaired) electrons. The lowest BCUT2D eigenvalue weighted by molar-refractivity contribution is 0.283. The number of hydrogen-bond acceptors (Lipinski definition) is 3. The Kier molecular flexibility index (Phi) is 4.09. The van der Waals surface area contributed by atoms with Crippen molar-refractivity contribution in [3.8, 4) is 0 Å². The van der Waals surface area contributed by atoms with Gasteiger partial charge in [-0.05, 0) is 30.7 Å². The van der Waals surface area contributed by atoms with E-state index in [1.54, 1.807) is 12.1 Å². The van der Waals surface area contributed by atoms with Gasteiger partial charge in [-0.2, -0.15) is 0 Å². The van der Waals surface area contributed by atoms with Crippen LogP contribution in [0.15, 0.2) is 30.3 Å². The zero-order valence-corrected chi connectivity index (χ0v) is 14.9. The van der Waals surface area contributed by atoms with Crippen molar-refractivity contribution in [2.75, 3.05) is 11.4 Å². The van der Waals surface area contributed by atoms with Gasteiger partial charge in [-0.1, -0.05) is 40.9 Å². The first-order valence-electron chi connectivity index (χ1n) is 7.61. The summed E-state index contributed by atoms with van der Waals surface area (Å²) >= 11 is 18.7. The van der Waals surface area contributed by atoms with Crippen molar-refractivity contribution >= 4 is 57.5 Å². The van der Waals surface area contributed by atoms with Gasteiger partial charge in [0.15, 0.2) is 0 Å². The van der Waals surface area contributed by atoms with Gasteiger partial charge in [0.1, 0.15) is 5.52 Å². The first-order valence-corrected chi connectivity index (χ1v) is 8.74. The maximum absolute atomic E-state index is 9.67. The lowest BCUT2D eigenvalue weighted by atomic mass is 10.2. The maximum Gasteiger partial charge on any atom is 0.211 e. The molecule has 0 fully saturated rings. The number of nitrogens with zero attached hydrogens (tertiary/aromatic N) is 3. The van der Waals surface area contributed by atoms with Gasteiger partial charge in [-0.25, -0.2) is 4.98 Å². The molecule has 2 heterocycles. The van der Waals surface area contributed by atoms with Crippen LogP contribution in [0.2, 0.25) is 15.1 Å². The molecule has 0 atom stereocenters. The predicted molar refractivity (Wildman–Crippen MR) is 98.8 cm³/mol. The quantitative estimate of drug-likeness (QED) is 0.676. The number of rotatable bonds is 2. The third kappa shape index (κ3) is 2.45. The Hall–Kier alpha value is -1.46. The van der Waals surface area contributed by atoms with Crippen LogP contribution in [0.25, 0.3) is 11.0 Å². The third-order valence-electron chi connectivity index (χ3n) is 4.28. The molecule has 24 heavy (non-hydrogen) atoms. The number of anilines is 2. The van der Waals surface area contributed by atoms with E-state index in [1.807, 2.05) is 18.2 Å². The zero-order valence-electron chi connectivity index (χ0n) is 12.6. The highest BCUT2D eigenvalue weighted by atomic mass is 35.5. The molecule has 1 aliphatic heterocycles. The van der Waals surface area contributed by atoms with E-state index in [0.29, 0.717) is 20.6 Å². The Morgan fingerprint density at radius 3 is 2.62 bits per heavy atom. The summed E-state index contributed by atoms with van der Waals surface area (Å²) in [6.45, 7) is 1.57. The number of aryl methyl sites for hydroxylation is 1.